The van der Waals surface area contributed by atoms with Crippen LogP contribution in [0.15, 0.2) is 36.5 Å². The lowest BCUT2D eigenvalue weighted by molar-refractivity contribution is 0.102. The summed E-state index contributed by atoms with van der Waals surface area (Å²) in [7, 11) is 0. The van der Waals surface area contributed by atoms with Crippen molar-refractivity contribution in [2.24, 2.45) is 0 Å². The fourth-order valence-electron chi connectivity index (χ4n) is 2.07. The summed E-state index contributed by atoms with van der Waals surface area (Å²) in [5.41, 5.74) is 4.63. The van der Waals surface area contributed by atoms with Gasteiger partial charge < -0.3 is 5.32 Å². The maximum Gasteiger partial charge on any atom is 0.255 e. The Kier molecular flexibility index (Phi) is 3.95. The van der Waals surface area contributed by atoms with E-state index < -0.39 is 0 Å². The number of nitrogens with zero attached hydrogens (tertiary/aromatic N) is 1. The van der Waals surface area contributed by atoms with Crippen LogP contribution in [0.5, 0.6) is 0 Å². The monoisotopic (exact) mass is 254 g/mol. The largest absolute Gasteiger partial charge is 0.321 e. The maximum absolute atomic E-state index is 12.2. The third-order valence-corrected chi connectivity index (χ3v) is 3.14. The van der Waals surface area contributed by atoms with Gasteiger partial charge in [0.05, 0.1) is 0 Å². The fraction of sp³-hybridized carbons (Fsp3) is 0.250. The molecule has 1 heterocycles. The molecule has 1 aromatic carbocycles. The van der Waals surface area contributed by atoms with Gasteiger partial charge in [0.25, 0.3) is 5.91 Å². The molecule has 2 aromatic rings. The first-order valence-electron chi connectivity index (χ1n) is 6.44. The van der Waals surface area contributed by atoms with Gasteiger partial charge in [0, 0.05) is 23.1 Å². The first kappa shape index (κ1) is 13.3. The van der Waals surface area contributed by atoms with Crippen molar-refractivity contribution in [2.45, 2.75) is 27.2 Å². The van der Waals surface area contributed by atoms with Crippen molar-refractivity contribution >= 4 is 11.6 Å². The zero-order valence-electron chi connectivity index (χ0n) is 11.5. The number of benzene rings is 1. The molecule has 0 aliphatic carbocycles. The molecule has 19 heavy (non-hydrogen) atoms. The molecule has 1 N–H and O–H groups in total. The number of aromatic nitrogens is 1. The van der Waals surface area contributed by atoms with E-state index in [4.69, 9.17) is 0 Å². The van der Waals surface area contributed by atoms with Gasteiger partial charge in [0.2, 0.25) is 0 Å². The maximum atomic E-state index is 12.2. The van der Waals surface area contributed by atoms with E-state index in [-0.39, 0.29) is 5.91 Å². The zero-order chi connectivity index (χ0) is 13.8. The van der Waals surface area contributed by atoms with Crippen molar-refractivity contribution < 1.29 is 4.79 Å². The molecule has 3 heteroatoms. The normalized spacial score (nSPS) is 10.3. The molecule has 0 saturated heterocycles. The van der Waals surface area contributed by atoms with E-state index in [9.17, 15) is 4.79 Å². The number of amides is 1. The van der Waals surface area contributed by atoms with E-state index in [1.54, 1.807) is 18.3 Å². The smallest absolute Gasteiger partial charge is 0.255 e. The second-order valence-corrected chi connectivity index (χ2v) is 4.60. The summed E-state index contributed by atoms with van der Waals surface area (Å²) >= 11 is 0. The molecule has 1 aromatic heterocycles. The Morgan fingerprint density at radius 1 is 1.26 bits per heavy atom. The molecule has 0 aliphatic heterocycles. The predicted molar refractivity (Wildman–Crippen MR) is 77.5 cm³/mol. The van der Waals surface area contributed by atoms with Crippen LogP contribution in [0.1, 0.15) is 34.1 Å². The Labute approximate surface area is 113 Å². The van der Waals surface area contributed by atoms with Crippen molar-refractivity contribution in [1.29, 1.82) is 0 Å². The van der Waals surface area contributed by atoms with Crippen molar-refractivity contribution in [3.05, 3.63) is 58.9 Å². The topological polar surface area (TPSA) is 42.0 Å². The molecule has 0 radical (unpaired) electrons. The summed E-state index contributed by atoms with van der Waals surface area (Å²) in [6, 6.07) is 9.58. The van der Waals surface area contributed by atoms with Gasteiger partial charge in [0.15, 0.2) is 0 Å². The van der Waals surface area contributed by atoms with Crippen LogP contribution in [0.2, 0.25) is 0 Å². The highest BCUT2D eigenvalue weighted by Crippen LogP contribution is 2.21. The molecule has 0 saturated carbocycles. The molecule has 0 unspecified atom stereocenters. The molecule has 3 nitrogen and oxygen atoms in total. The average Bonchev–Trinajstić information content (AvgIpc) is 2.41. The number of anilines is 1. The number of carbonyl (C=O) groups is 1. The minimum atomic E-state index is -0.0884. The molecular weight excluding hydrogens is 236 g/mol. The van der Waals surface area contributed by atoms with E-state index in [0.29, 0.717) is 5.56 Å². The Hall–Kier alpha value is -2.16. The van der Waals surface area contributed by atoms with Gasteiger partial charge in [-0.25, -0.2) is 0 Å². The van der Waals surface area contributed by atoms with Gasteiger partial charge in [0.1, 0.15) is 0 Å². The number of aryl methyl sites for hydroxylation is 3. The van der Waals surface area contributed by atoms with Crippen molar-refractivity contribution in [2.75, 3.05) is 5.32 Å². The highest BCUT2D eigenvalue weighted by molar-refractivity contribution is 6.05. The molecule has 0 fully saturated rings. The Bertz CT molecular complexity index is 605. The van der Waals surface area contributed by atoms with Crippen LogP contribution in [0, 0.1) is 13.8 Å². The van der Waals surface area contributed by atoms with Gasteiger partial charge in [-0.2, -0.15) is 0 Å². The number of para-hydroxylation sites is 1. The number of hydrogen-bond acceptors (Lipinski definition) is 2. The first-order chi connectivity index (χ1) is 9.11. The number of pyridine rings is 1. The third-order valence-electron chi connectivity index (χ3n) is 3.14. The van der Waals surface area contributed by atoms with E-state index in [1.807, 2.05) is 32.0 Å². The van der Waals surface area contributed by atoms with E-state index >= 15 is 0 Å². The van der Waals surface area contributed by atoms with Crippen molar-refractivity contribution in [3.63, 3.8) is 0 Å². The summed E-state index contributed by atoms with van der Waals surface area (Å²) in [6.45, 7) is 5.97. The fourth-order valence-corrected chi connectivity index (χ4v) is 2.07. The summed E-state index contributed by atoms with van der Waals surface area (Å²) in [5.74, 6) is -0.0884. The molecule has 0 atom stereocenters. The molecule has 0 aliphatic rings. The third kappa shape index (κ3) is 2.99. The number of nitrogens with one attached hydrogen (secondary N) is 1. The summed E-state index contributed by atoms with van der Waals surface area (Å²) in [5, 5.41) is 3.01. The zero-order valence-corrected chi connectivity index (χ0v) is 11.5. The summed E-state index contributed by atoms with van der Waals surface area (Å²) < 4.78 is 0. The molecule has 2 rings (SSSR count). The minimum Gasteiger partial charge on any atom is -0.321 e. The first-order valence-corrected chi connectivity index (χ1v) is 6.44. The van der Waals surface area contributed by atoms with E-state index in [2.05, 4.69) is 17.2 Å². The number of rotatable bonds is 3. The van der Waals surface area contributed by atoms with E-state index in [0.717, 1.165) is 28.9 Å². The predicted octanol–water partition coefficient (Wildman–Crippen LogP) is 3.51. The van der Waals surface area contributed by atoms with Crippen molar-refractivity contribution in [1.82, 2.24) is 4.98 Å². The summed E-state index contributed by atoms with van der Waals surface area (Å²) in [4.78, 5) is 16.3. The van der Waals surface area contributed by atoms with E-state index in [1.165, 1.54) is 0 Å². The van der Waals surface area contributed by atoms with Gasteiger partial charge in [-0.1, -0.05) is 25.1 Å². The summed E-state index contributed by atoms with van der Waals surface area (Å²) in [6.07, 6.45) is 2.55. The minimum absolute atomic E-state index is 0.0884. The second kappa shape index (κ2) is 5.65. The van der Waals surface area contributed by atoms with Crippen molar-refractivity contribution in [3.8, 4) is 0 Å². The van der Waals surface area contributed by atoms with Crippen LogP contribution in [-0.2, 0) is 6.42 Å². The van der Waals surface area contributed by atoms with Crippen LogP contribution in [0.25, 0.3) is 0 Å². The highest BCUT2D eigenvalue weighted by Gasteiger charge is 2.10. The average molecular weight is 254 g/mol. The van der Waals surface area contributed by atoms with Crippen LogP contribution in [0.3, 0.4) is 0 Å². The standard InChI is InChI=1S/C16H18N2O/c1-4-13-7-5-6-11(2)15(13)18-16(19)14-8-9-17-12(3)10-14/h5-10H,4H2,1-3H3,(H,18,19). The van der Waals surface area contributed by atoms with Gasteiger partial charge in [-0.05, 0) is 43.5 Å². The molecule has 0 spiro atoms. The quantitative estimate of drug-likeness (QED) is 0.910. The lowest BCUT2D eigenvalue weighted by Crippen LogP contribution is -2.14. The van der Waals surface area contributed by atoms with Crippen LogP contribution in [-0.4, -0.2) is 10.9 Å². The highest BCUT2D eigenvalue weighted by atomic mass is 16.1. The lowest BCUT2D eigenvalue weighted by atomic mass is 10.1. The Balaban J connectivity index is 2.29. The van der Waals surface area contributed by atoms with Gasteiger partial charge >= 0.3 is 0 Å². The second-order valence-electron chi connectivity index (χ2n) is 4.60. The van der Waals surface area contributed by atoms with Crippen LogP contribution < -0.4 is 5.32 Å². The lowest BCUT2D eigenvalue weighted by Gasteiger charge is -2.13. The number of carbonyl (C=O) groups excluding carboxylic acids is 1. The van der Waals surface area contributed by atoms with Gasteiger partial charge in [-0.15, -0.1) is 0 Å². The SMILES string of the molecule is CCc1cccc(C)c1NC(=O)c1ccnc(C)c1. The van der Waals surface area contributed by atoms with Gasteiger partial charge in [-0.3, -0.25) is 9.78 Å². The Morgan fingerprint density at radius 3 is 2.74 bits per heavy atom. The van der Waals surface area contributed by atoms with Crippen LogP contribution >= 0.6 is 0 Å². The molecule has 98 valence electrons. The van der Waals surface area contributed by atoms with Crippen LogP contribution in [0.4, 0.5) is 5.69 Å². The molecular formula is C16H18N2O. The molecule has 0 bridgehead atoms. The number of hydrogen-bond donors (Lipinski definition) is 1. The Morgan fingerprint density at radius 2 is 2.05 bits per heavy atom. The molecule has 1 amide bonds.